The highest BCUT2D eigenvalue weighted by Crippen LogP contribution is 2.14. The molecule has 0 saturated carbocycles. The Morgan fingerprint density at radius 1 is 1.00 bits per heavy atom. The highest BCUT2D eigenvalue weighted by Gasteiger charge is 2.16. The fourth-order valence-corrected chi connectivity index (χ4v) is 1.75. The first-order valence-electron chi connectivity index (χ1n) is 6.62. The molecule has 7 nitrogen and oxygen atoms in total. The Kier molecular flexibility index (Phi) is 5.31. The fraction of sp³-hybridized carbons (Fsp3) is 0.462. The van der Waals surface area contributed by atoms with Gasteiger partial charge in [-0.05, 0) is 0 Å². The third-order valence-corrected chi connectivity index (χ3v) is 2.73. The number of ether oxygens (including phenoxy) is 1. The lowest BCUT2D eigenvalue weighted by molar-refractivity contribution is 0.122. The van der Waals surface area contributed by atoms with Crippen LogP contribution in [0.15, 0.2) is 25.3 Å². The Hall–Kier alpha value is -2.15. The topological polar surface area (TPSA) is 75.2 Å². The Balaban J connectivity index is 2.18. The van der Waals surface area contributed by atoms with Crippen LogP contribution in [0.4, 0.5) is 17.8 Å². The van der Waals surface area contributed by atoms with Crippen molar-refractivity contribution in [2.75, 3.05) is 54.9 Å². The minimum Gasteiger partial charge on any atom is -0.378 e. The van der Waals surface area contributed by atoms with Crippen LogP contribution in [-0.2, 0) is 4.74 Å². The van der Waals surface area contributed by atoms with Crippen LogP contribution in [0.2, 0.25) is 0 Å². The lowest BCUT2D eigenvalue weighted by Gasteiger charge is -2.27. The van der Waals surface area contributed by atoms with E-state index in [-0.39, 0.29) is 0 Å². The van der Waals surface area contributed by atoms with Crippen LogP contribution in [0, 0.1) is 0 Å². The molecule has 108 valence electrons. The van der Waals surface area contributed by atoms with Crippen molar-refractivity contribution in [1.29, 1.82) is 0 Å². The number of hydrogen-bond acceptors (Lipinski definition) is 7. The summed E-state index contributed by atoms with van der Waals surface area (Å²) >= 11 is 0. The van der Waals surface area contributed by atoms with E-state index in [1.54, 1.807) is 12.2 Å². The summed E-state index contributed by atoms with van der Waals surface area (Å²) in [6.45, 7) is 11.5. The largest absolute Gasteiger partial charge is 0.378 e. The molecule has 1 aromatic rings. The monoisotopic (exact) mass is 276 g/mol. The van der Waals surface area contributed by atoms with Gasteiger partial charge in [0.25, 0.3) is 0 Å². The molecular formula is C13H20N6O. The van der Waals surface area contributed by atoms with Gasteiger partial charge >= 0.3 is 0 Å². The third kappa shape index (κ3) is 3.92. The Morgan fingerprint density at radius 2 is 1.55 bits per heavy atom. The molecule has 1 aromatic heterocycles. The molecule has 0 unspecified atom stereocenters. The molecule has 0 bridgehead atoms. The van der Waals surface area contributed by atoms with Gasteiger partial charge in [0.05, 0.1) is 13.2 Å². The van der Waals surface area contributed by atoms with Gasteiger partial charge in [-0.25, -0.2) is 0 Å². The predicted octanol–water partition coefficient (Wildman–Crippen LogP) is 0.904. The van der Waals surface area contributed by atoms with E-state index < -0.39 is 0 Å². The molecule has 0 spiro atoms. The minimum atomic E-state index is 0.535. The second-order valence-electron chi connectivity index (χ2n) is 4.22. The molecule has 0 amide bonds. The molecule has 0 atom stereocenters. The second-order valence-corrected chi connectivity index (χ2v) is 4.22. The van der Waals surface area contributed by atoms with E-state index in [0.717, 1.165) is 13.1 Å². The summed E-state index contributed by atoms with van der Waals surface area (Å²) in [4.78, 5) is 15.2. The minimum absolute atomic E-state index is 0.535. The van der Waals surface area contributed by atoms with E-state index in [1.165, 1.54) is 0 Å². The third-order valence-electron chi connectivity index (χ3n) is 2.73. The summed E-state index contributed by atoms with van der Waals surface area (Å²) < 4.78 is 5.34. The van der Waals surface area contributed by atoms with E-state index in [2.05, 4.69) is 43.6 Å². The number of anilines is 3. The number of morpholine rings is 1. The molecule has 0 radical (unpaired) electrons. The van der Waals surface area contributed by atoms with Crippen molar-refractivity contribution in [3.63, 3.8) is 0 Å². The van der Waals surface area contributed by atoms with Crippen LogP contribution in [0.3, 0.4) is 0 Å². The van der Waals surface area contributed by atoms with Gasteiger partial charge in [-0.1, -0.05) is 12.2 Å². The lowest BCUT2D eigenvalue weighted by atomic mass is 10.4. The van der Waals surface area contributed by atoms with E-state index in [0.29, 0.717) is 44.1 Å². The van der Waals surface area contributed by atoms with Crippen LogP contribution < -0.4 is 15.5 Å². The summed E-state index contributed by atoms with van der Waals surface area (Å²) in [6, 6.07) is 0. The van der Waals surface area contributed by atoms with Gasteiger partial charge in [0, 0.05) is 26.2 Å². The first-order chi connectivity index (χ1) is 9.83. The Labute approximate surface area is 118 Å². The molecule has 2 heterocycles. The van der Waals surface area contributed by atoms with Gasteiger partial charge in [0.15, 0.2) is 0 Å². The molecule has 2 N–H and O–H groups in total. The summed E-state index contributed by atoms with van der Waals surface area (Å²) in [5, 5.41) is 6.17. The Bertz CT molecular complexity index is 428. The molecule has 1 aliphatic heterocycles. The zero-order chi connectivity index (χ0) is 14.2. The maximum absolute atomic E-state index is 5.34. The SMILES string of the molecule is C=CCNc1nc(NCC=C)nc(N2CCOCC2)n1. The Morgan fingerprint density at radius 3 is 2.05 bits per heavy atom. The number of nitrogens with one attached hydrogen (secondary N) is 2. The van der Waals surface area contributed by atoms with Gasteiger partial charge in [-0.3, -0.25) is 0 Å². The van der Waals surface area contributed by atoms with Crippen molar-refractivity contribution < 1.29 is 4.74 Å². The number of nitrogens with zero attached hydrogens (tertiary/aromatic N) is 4. The molecular weight excluding hydrogens is 256 g/mol. The maximum atomic E-state index is 5.34. The fourth-order valence-electron chi connectivity index (χ4n) is 1.75. The molecule has 2 rings (SSSR count). The normalized spacial score (nSPS) is 14.7. The predicted molar refractivity (Wildman–Crippen MR) is 80.2 cm³/mol. The van der Waals surface area contributed by atoms with Gasteiger partial charge in [0.1, 0.15) is 0 Å². The quantitative estimate of drug-likeness (QED) is 0.717. The van der Waals surface area contributed by atoms with Gasteiger partial charge < -0.3 is 20.3 Å². The molecule has 0 aliphatic carbocycles. The number of hydrogen-bond donors (Lipinski definition) is 2. The van der Waals surface area contributed by atoms with E-state index in [1.807, 2.05) is 0 Å². The zero-order valence-electron chi connectivity index (χ0n) is 11.5. The average molecular weight is 276 g/mol. The highest BCUT2D eigenvalue weighted by atomic mass is 16.5. The van der Waals surface area contributed by atoms with Crippen LogP contribution in [0.1, 0.15) is 0 Å². The lowest BCUT2D eigenvalue weighted by Crippen LogP contribution is -2.37. The molecule has 20 heavy (non-hydrogen) atoms. The van der Waals surface area contributed by atoms with E-state index in [9.17, 15) is 0 Å². The highest BCUT2D eigenvalue weighted by molar-refractivity contribution is 5.44. The summed E-state index contributed by atoms with van der Waals surface area (Å²) in [5.41, 5.74) is 0. The van der Waals surface area contributed by atoms with E-state index in [4.69, 9.17) is 4.74 Å². The van der Waals surface area contributed by atoms with Crippen LogP contribution in [0.5, 0.6) is 0 Å². The van der Waals surface area contributed by atoms with Gasteiger partial charge in [-0.2, -0.15) is 15.0 Å². The standard InChI is InChI=1S/C13H20N6O/c1-3-5-14-11-16-12(15-6-4-2)18-13(17-11)19-7-9-20-10-8-19/h3-4H,1-2,5-10H2,(H2,14,15,16,17,18). The van der Waals surface area contributed by atoms with Gasteiger partial charge in [0.2, 0.25) is 17.8 Å². The van der Waals surface area contributed by atoms with Gasteiger partial charge in [-0.15, -0.1) is 13.2 Å². The van der Waals surface area contributed by atoms with Crippen molar-refractivity contribution in [2.24, 2.45) is 0 Å². The van der Waals surface area contributed by atoms with Crippen molar-refractivity contribution >= 4 is 17.8 Å². The molecule has 1 fully saturated rings. The van der Waals surface area contributed by atoms with Crippen molar-refractivity contribution in [3.8, 4) is 0 Å². The summed E-state index contributed by atoms with van der Waals surface area (Å²) in [6.07, 6.45) is 3.52. The van der Waals surface area contributed by atoms with Crippen LogP contribution in [-0.4, -0.2) is 54.3 Å². The summed E-state index contributed by atoms with van der Waals surface area (Å²) in [5.74, 6) is 1.72. The van der Waals surface area contributed by atoms with Crippen molar-refractivity contribution in [2.45, 2.75) is 0 Å². The molecule has 1 aliphatic rings. The van der Waals surface area contributed by atoms with Crippen molar-refractivity contribution in [3.05, 3.63) is 25.3 Å². The zero-order valence-corrected chi connectivity index (χ0v) is 11.5. The summed E-state index contributed by atoms with van der Waals surface area (Å²) in [7, 11) is 0. The first kappa shape index (κ1) is 14.3. The average Bonchev–Trinajstić information content (AvgIpc) is 2.51. The van der Waals surface area contributed by atoms with E-state index >= 15 is 0 Å². The molecule has 7 heteroatoms. The molecule has 0 aromatic carbocycles. The smallest absolute Gasteiger partial charge is 0.232 e. The second kappa shape index (κ2) is 7.44. The maximum Gasteiger partial charge on any atom is 0.232 e. The number of rotatable bonds is 7. The number of aromatic nitrogens is 3. The van der Waals surface area contributed by atoms with Crippen LogP contribution in [0.25, 0.3) is 0 Å². The van der Waals surface area contributed by atoms with Crippen molar-refractivity contribution in [1.82, 2.24) is 15.0 Å². The molecule has 1 saturated heterocycles. The van der Waals surface area contributed by atoms with Crippen LogP contribution >= 0.6 is 0 Å². The first-order valence-corrected chi connectivity index (χ1v) is 6.62.